The molecule has 0 spiro atoms. The van der Waals surface area contributed by atoms with Crippen LogP contribution in [0.5, 0.6) is 0 Å². The van der Waals surface area contributed by atoms with E-state index in [0.717, 1.165) is 4.90 Å². The van der Waals surface area contributed by atoms with Crippen molar-refractivity contribution in [1.29, 1.82) is 0 Å². The molecule has 1 fully saturated rings. The van der Waals surface area contributed by atoms with Gasteiger partial charge in [0.05, 0.1) is 13.1 Å². The Morgan fingerprint density at radius 2 is 1.78 bits per heavy atom. The number of amides is 2. The van der Waals surface area contributed by atoms with E-state index in [1.54, 1.807) is 0 Å². The monoisotopic (exact) mass is 127 g/mol. The van der Waals surface area contributed by atoms with Gasteiger partial charge in [0.25, 0.3) is 0 Å². The van der Waals surface area contributed by atoms with Crippen molar-refractivity contribution in [2.45, 2.75) is 0 Å². The van der Waals surface area contributed by atoms with Gasteiger partial charge in [-0.2, -0.15) is 0 Å². The molecule has 0 saturated carbocycles. The lowest BCUT2D eigenvalue weighted by molar-refractivity contribution is -0.144. The number of imide groups is 1. The van der Waals surface area contributed by atoms with E-state index in [-0.39, 0.29) is 24.9 Å². The number of carbonyl (C=O) groups excluding carboxylic acids is 2. The van der Waals surface area contributed by atoms with Crippen LogP contribution < -0.4 is 5.32 Å². The van der Waals surface area contributed by atoms with Crippen LogP contribution in [-0.4, -0.2) is 36.9 Å². The molecule has 2 amide bonds. The number of hydrogen-bond acceptors (Lipinski definition) is 2. The summed E-state index contributed by atoms with van der Waals surface area (Å²) in [4.78, 5) is 22.3. The standard InChI is InChI=1S/C5H7N2O2/c1-7-4(8)2-6-3-5(7)9/h2-3H2,1H3. The molecule has 1 aliphatic heterocycles. The average Bonchev–Trinajstić information content (AvgIpc) is 1.83. The van der Waals surface area contributed by atoms with Gasteiger partial charge in [0.2, 0.25) is 11.8 Å². The van der Waals surface area contributed by atoms with Crippen LogP contribution in [0.25, 0.3) is 0 Å². The third-order valence-corrected chi connectivity index (χ3v) is 1.24. The lowest BCUT2D eigenvalue weighted by atomic mass is 10.4. The molecule has 0 atom stereocenters. The van der Waals surface area contributed by atoms with E-state index in [2.05, 4.69) is 5.32 Å². The van der Waals surface area contributed by atoms with E-state index in [9.17, 15) is 9.59 Å². The molecular formula is C5H7N2O2. The average molecular weight is 127 g/mol. The van der Waals surface area contributed by atoms with Gasteiger partial charge in [0, 0.05) is 7.05 Å². The van der Waals surface area contributed by atoms with Crippen LogP contribution in [0, 0.1) is 0 Å². The second-order valence-electron chi connectivity index (χ2n) is 1.89. The molecule has 0 aromatic rings. The zero-order valence-electron chi connectivity index (χ0n) is 5.13. The van der Waals surface area contributed by atoms with Gasteiger partial charge in [-0.25, -0.2) is 5.32 Å². The third-order valence-electron chi connectivity index (χ3n) is 1.24. The maximum Gasteiger partial charge on any atom is 0.244 e. The molecule has 1 heterocycles. The Kier molecular flexibility index (Phi) is 1.48. The van der Waals surface area contributed by atoms with E-state index in [0.29, 0.717) is 0 Å². The summed E-state index contributed by atoms with van der Waals surface area (Å²) in [5.74, 6) is -0.433. The van der Waals surface area contributed by atoms with Gasteiger partial charge in [-0.1, -0.05) is 0 Å². The van der Waals surface area contributed by atoms with Crippen molar-refractivity contribution in [3.63, 3.8) is 0 Å². The first kappa shape index (κ1) is 6.22. The highest BCUT2D eigenvalue weighted by atomic mass is 16.2. The molecule has 1 rings (SSSR count). The first-order valence-corrected chi connectivity index (χ1v) is 2.64. The number of hydrogen-bond donors (Lipinski definition) is 0. The van der Waals surface area contributed by atoms with Crippen LogP contribution in [0.4, 0.5) is 0 Å². The predicted octanol–water partition coefficient (Wildman–Crippen LogP) is -1.41. The smallest absolute Gasteiger partial charge is 0.244 e. The fraction of sp³-hybridized carbons (Fsp3) is 0.600. The quantitative estimate of drug-likeness (QED) is 0.375. The first-order valence-electron chi connectivity index (χ1n) is 2.64. The molecule has 4 heteroatoms. The Morgan fingerprint density at radius 3 is 2.11 bits per heavy atom. The minimum atomic E-state index is -0.216. The number of carbonyl (C=O) groups is 2. The van der Waals surface area contributed by atoms with E-state index < -0.39 is 0 Å². The lowest BCUT2D eigenvalue weighted by Crippen LogP contribution is -2.46. The lowest BCUT2D eigenvalue weighted by Gasteiger charge is -2.19. The molecule has 0 N–H and O–H groups in total. The van der Waals surface area contributed by atoms with Gasteiger partial charge in [-0.15, -0.1) is 0 Å². The Balaban J connectivity index is 2.62. The van der Waals surface area contributed by atoms with Crippen molar-refractivity contribution in [2.75, 3.05) is 20.1 Å². The zero-order valence-corrected chi connectivity index (χ0v) is 5.13. The molecule has 0 unspecified atom stereocenters. The van der Waals surface area contributed by atoms with Gasteiger partial charge in [-0.05, 0) is 0 Å². The predicted molar refractivity (Wildman–Crippen MR) is 29.6 cm³/mol. The van der Waals surface area contributed by atoms with E-state index >= 15 is 0 Å². The SMILES string of the molecule is CN1C(=O)C[N]CC1=O. The van der Waals surface area contributed by atoms with Crippen LogP contribution in [0.2, 0.25) is 0 Å². The highest BCUT2D eigenvalue weighted by molar-refractivity contribution is 5.98. The minimum absolute atomic E-state index is 0.155. The molecule has 1 radical (unpaired) electrons. The molecule has 0 aromatic carbocycles. The van der Waals surface area contributed by atoms with Gasteiger partial charge >= 0.3 is 0 Å². The number of piperazine rings is 1. The van der Waals surface area contributed by atoms with Crippen LogP contribution in [0.1, 0.15) is 0 Å². The third kappa shape index (κ3) is 1.08. The van der Waals surface area contributed by atoms with Crippen molar-refractivity contribution in [3.8, 4) is 0 Å². The number of likely N-dealkylation sites (N-methyl/N-ethyl adjacent to an activating group) is 1. The number of nitrogens with zero attached hydrogens (tertiary/aromatic N) is 2. The zero-order chi connectivity index (χ0) is 6.85. The second-order valence-corrected chi connectivity index (χ2v) is 1.89. The van der Waals surface area contributed by atoms with Crippen LogP contribution >= 0.6 is 0 Å². The summed E-state index contributed by atoms with van der Waals surface area (Å²) in [7, 11) is 1.47. The molecule has 1 saturated heterocycles. The Morgan fingerprint density at radius 1 is 1.33 bits per heavy atom. The first-order chi connectivity index (χ1) is 4.22. The summed E-state index contributed by atoms with van der Waals surface area (Å²) in [6.07, 6.45) is 0. The van der Waals surface area contributed by atoms with Crippen molar-refractivity contribution >= 4 is 11.8 Å². The molecule has 0 bridgehead atoms. The van der Waals surface area contributed by atoms with E-state index in [4.69, 9.17) is 0 Å². The molecule has 0 aromatic heterocycles. The maximum absolute atomic E-state index is 10.6. The van der Waals surface area contributed by atoms with Crippen molar-refractivity contribution in [3.05, 3.63) is 0 Å². The summed E-state index contributed by atoms with van der Waals surface area (Å²) in [6, 6.07) is 0. The number of rotatable bonds is 0. The molecule has 9 heavy (non-hydrogen) atoms. The molecule has 0 aliphatic carbocycles. The van der Waals surface area contributed by atoms with Crippen LogP contribution in [-0.2, 0) is 9.59 Å². The van der Waals surface area contributed by atoms with Gasteiger partial charge in [-0.3, -0.25) is 14.5 Å². The summed E-state index contributed by atoms with van der Waals surface area (Å²) < 4.78 is 0. The van der Waals surface area contributed by atoms with E-state index in [1.165, 1.54) is 7.05 Å². The van der Waals surface area contributed by atoms with Crippen molar-refractivity contribution in [2.24, 2.45) is 0 Å². The van der Waals surface area contributed by atoms with Gasteiger partial charge < -0.3 is 0 Å². The molecule has 4 nitrogen and oxygen atoms in total. The Bertz CT molecular complexity index is 139. The van der Waals surface area contributed by atoms with Gasteiger partial charge in [0.1, 0.15) is 0 Å². The van der Waals surface area contributed by atoms with Crippen molar-refractivity contribution in [1.82, 2.24) is 10.2 Å². The second kappa shape index (κ2) is 2.14. The summed E-state index contributed by atoms with van der Waals surface area (Å²) in [5.41, 5.74) is 0. The Hall–Kier alpha value is -0.900. The summed E-state index contributed by atoms with van der Waals surface area (Å²) in [6.45, 7) is 0.310. The summed E-state index contributed by atoms with van der Waals surface area (Å²) >= 11 is 0. The largest absolute Gasteiger partial charge is 0.283 e. The molecular weight excluding hydrogens is 120 g/mol. The minimum Gasteiger partial charge on any atom is -0.283 e. The normalized spacial score (nSPS) is 20.8. The Labute approximate surface area is 52.8 Å². The molecule has 49 valence electrons. The highest BCUT2D eigenvalue weighted by Crippen LogP contribution is 1.91. The van der Waals surface area contributed by atoms with Crippen LogP contribution in [0.3, 0.4) is 0 Å². The maximum atomic E-state index is 10.6. The van der Waals surface area contributed by atoms with Crippen molar-refractivity contribution < 1.29 is 9.59 Å². The molecule has 1 aliphatic rings. The van der Waals surface area contributed by atoms with E-state index in [1.807, 2.05) is 0 Å². The summed E-state index contributed by atoms with van der Waals surface area (Å²) in [5, 5.41) is 3.65. The fourth-order valence-electron chi connectivity index (χ4n) is 0.598. The fourth-order valence-corrected chi connectivity index (χ4v) is 0.598. The highest BCUT2D eigenvalue weighted by Gasteiger charge is 2.21. The van der Waals surface area contributed by atoms with Crippen LogP contribution in [0.15, 0.2) is 0 Å². The van der Waals surface area contributed by atoms with Gasteiger partial charge in [0.15, 0.2) is 0 Å². The topological polar surface area (TPSA) is 51.5 Å².